The van der Waals surface area contributed by atoms with E-state index in [2.05, 4.69) is 20.4 Å². The van der Waals surface area contributed by atoms with Crippen LogP contribution >= 0.6 is 24.0 Å². The molecule has 1 heterocycles. The third-order valence-corrected chi connectivity index (χ3v) is 5.15. The summed E-state index contributed by atoms with van der Waals surface area (Å²) in [5.74, 6) is 0.365. The highest BCUT2D eigenvalue weighted by Crippen LogP contribution is 2.45. The lowest BCUT2D eigenvalue weighted by molar-refractivity contribution is -0.274. The van der Waals surface area contributed by atoms with E-state index in [1.165, 1.54) is 19.2 Å². The monoisotopic (exact) mass is 542 g/mol. The third-order valence-electron chi connectivity index (χ3n) is 5.15. The molecule has 2 aliphatic rings. The zero-order chi connectivity index (χ0) is 21.0. The number of nitrogens with zero attached hydrogens (tertiary/aromatic N) is 2. The Kier molecular flexibility index (Phi) is 8.44. The fourth-order valence-corrected chi connectivity index (χ4v) is 3.58. The van der Waals surface area contributed by atoms with Crippen molar-refractivity contribution in [1.29, 1.82) is 0 Å². The summed E-state index contributed by atoms with van der Waals surface area (Å²) in [5.41, 5.74) is 0.532. The van der Waals surface area contributed by atoms with Gasteiger partial charge in [-0.05, 0) is 30.9 Å². The normalized spacial score (nSPS) is 22.0. The number of alkyl halides is 3. The maximum Gasteiger partial charge on any atom is 0.573 e. The molecule has 11 heteroatoms. The van der Waals surface area contributed by atoms with Crippen LogP contribution in [0.1, 0.15) is 30.7 Å². The molecule has 0 radical (unpaired) electrons. The van der Waals surface area contributed by atoms with Crippen LogP contribution in [-0.4, -0.2) is 62.6 Å². The Morgan fingerprint density at radius 2 is 1.87 bits per heavy atom. The molecule has 7 nitrogen and oxygen atoms in total. The number of hydrogen-bond acceptors (Lipinski definition) is 4. The summed E-state index contributed by atoms with van der Waals surface area (Å²) >= 11 is 0. The molecule has 1 saturated heterocycles. The lowest BCUT2D eigenvalue weighted by Gasteiger charge is -2.32. The number of nitrogens with one attached hydrogen (secondary N) is 2. The highest BCUT2D eigenvalue weighted by molar-refractivity contribution is 14.0. The zero-order valence-corrected chi connectivity index (χ0v) is 19.1. The van der Waals surface area contributed by atoms with Crippen LogP contribution in [0.5, 0.6) is 5.75 Å². The summed E-state index contributed by atoms with van der Waals surface area (Å²) < 4.78 is 46.8. The molecule has 1 aromatic carbocycles. The average Bonchev–Trinajstić information content (AvgIpc) is 3.45. The van der Waals surface area contributed by atoms with Crippen LogP contribution in [0.15, 0.2) is 29.3 Å². The number of halogens is 4. The third kappa shape index (κ3) is 6.54. The minimum atomic E-state index is -4.72. The minimum absolute atomic E-state index is 0. The van der Waals surface area contributed by atoms with Crippen molar-refractivity contribution in [2.75, 3.05) is 27.2 Å². The van der Waals surface area contributed by atoms with E-state index in [9.17, 15) is 18.0 Å². The van der Waals surface area contributed by atoms with Crippen molar-refractivity contribution in [3.8, 4) is 5.75 Å². The number of ether oxygens (including phenoxy) is 2. The van der Waals surface area contributed by atoms with Crippen LogP contribution in [0.4, 0.5) is 18.0 Å². The molecule has 1 saturated carbocycles. The summed E-state index contributed by atoms with van der Waals surface area (Å²) in [6.45, 7) is 1.19. The van der Waals surface area contributed by atoms with Gasteiger partial charge in [-0.1, -0.05) is 18.2 Å². The van der Waals surface area contributed by atoms with E-state index in [1.54, 1.807) is 24.1 Å². The smallest absolute Gasteiger partial charge is 0.453 e. The van der Waals surface area contributed by atoms with E-state index >= 15 is 0 Å². The maximum atomic E-state index is 12.6. The van der Waals surface area contributed by atoms with Crippen LogP contribution in [0.3, 0.4) is 0 Å². The molecule has 2 fully saturated rings. The number of likely N-dealkylation sites (tertiary alicyclic amines) is 1. The maximum absolute atomic E-state index is 12.6. The number of piperidine rings is 1. The highest BCUT2D eigenvalue weighted by atomic mass is 127. The van der Waals surface area contributed by atoms with Crippen LogP contribution in [-0.2, 0) is 4.74 Å². The second kappa shape index (κ2) is 10.4. The fourth-order valence-electron chi connectivity index (χ4n) is 3.58. The Hall–Kier alpha value is -1.92. The number of carbonyl (C=O) groups excluding carboxylic acids is 1. The van der Waals surface area contributed by atoms with E-state index in [-0.39, 0.29) is 53.8 Å². The van der Waals surface area contributed by atoms with Gasteiger partial charge in [-0.3, -0.25) is 4.99 Å². The second-order valence-electron chi connectivity index (χ2n) is 7.13. The first-order valence-corrected chi connectivity index (χ1v) is 9.48. The van der Waals surface area contributed by atoms with Crippen molar-refractivity contribution in [2.45, 2.75) is 43.6 Å². The molecule has 0 spiro atoms. The average molecular weight is 542 g/mol. The molecule has 30 heavy (non-hydrogen) atoms. The number of carbonyl (C=O) groups is 1. The number of amides is 1. The van der Waals surface area contributed by atoms with Gasteiger partial charge in [0.2, 0.25) is 0 Å². The van der Waals surface area contributed by atoms with Gasteiger partial charge < -0.3 is 25.0 Å². The molecule has 1 aliphatic heterocycles. The number of hydrogen-bond donors (Lipinski definition) is 2. The van der Waals surface area contributed by atoms with Gasteiger partial charge in [0.05, 0.1) is 7.11 Å². The second-order valence-corrected chi connectivity index (χ2v) is 7.13. The number of guanidine groups is 1. The van der Waals surface area contributed by atoms with Gasteiger partial charge in [-0.2, -0.15) is 0 Å². The molecule has 0 bridgehead atoms. The van der Waals surface area contributed by atoms with Gasteiger partial charge in [0, 0.05) is 38.1 Å². The number of para-hydroxylation sites is 1. The molecule has 1 aromatic rings. The Balaban J connectivity index is 0.00000320. The van der Waals surface area contributed by atoms with Crippen LogP contribution < -0.4 is 15.4 Å². The largest absolute Gasteiger partial charge is 0.573 e. The number of rotatable bonds is 4. The van der Waals surface area contributed by atoms with Gasteiger partial charge in [0.15, 0.2) is 5.96 Å². The van der Waals surface area contributed by atoms with Crippen molar-refractivity contribution >= 4 is 36.0 Å². The summed E-state index contributed by atoms with van der Waals surface area (Å²) in [6, 6.07) is 6.36. The Bertz CT molecular complexity index is 755. The SMILES string of the molecule is CN=C(NC1CCN(C(=O)OC)CC1)NC1CC1c1ccccc1OC(F)(F)F.I. The summed E-state index contributed by atoms with van der Waals surface area (Å²) in [7, 11) is 3.01. The Labute approximate surface area is 190 Å². The number of methoxy groups -OCH3 is 1. The quantitative estimate of drug-likeness (QED) is 0.347. The zero-order valence-electron chi connectivity index (χ0n) is 16.7. The molecule has 2 unspecified atom stereocenters. The van der Waals surface area contributed by atoms with Crippen molar-refractivity contribution < 1.29 is 27.4 Å². The molecule has 168 valence electrons. The lowest BCUT2D eigenvalue weighted by atomic mass is 10.1. The van der Waals surface area contributed by atoms with Gasteiger partial charge >= 0.3 is 12.5 Å². The van der Waals surface area contributed by atoms with E-state index in [0.29, 0.717) is 31.0 Å². The first kappa shape index (κ1) is 24.4. The van der Waals surface area contributed by atoms with Crippen LogP contribution in [0.25, 0.3) is 0 Å². The molecule has 1 aliphatic carbocycles. The summed E-state index contributed by atoms with van der Waals surface area (Å²) in [4.78, 5) is 17.4. The molecule has 0 aromatic heterocycles. The topological polar surface area (TPSA) is 75.2 Å². The minimum Gasteiger partial charge on any atom is -0.453 e. The molecule has 1 amide bonds. The van der Waals surface area contributed by atoms with Crippen molar-refractivity contribution in [1.82, 2.24) is 15.5 Å². The fraction of sp³-hybridized carbons (Fsp3) is 0.579. The predicted octanol–water partition coefficient (Wildman–Crippen LogP) is 3.45. The Morgan fingerprint density at radius 3 is 2.47 bits per heavy atom. The van der Waals surface area contributed by atoms with E-state index < -0.39 is 6.36 Å². The van der Waals surface area contributed by atoms with Crippen molar-refractivity contribution in [2.24, 2.45) is 4.99 Å². The first-order valence-electron chi connectivity index (χ1n) is 9.48. The summed E-state index contributed by atoms with van der Waals surface area (Å²) in [5, 5.41) is 6.60. The molecule has 2 N–H and O–H groups in total. The van der Waals surface area contributed by atoms with Gasteiger partial charge in [-0.25, -0.2) is 4.79 Å². The van der Waals surface area contributed by atoms with Crippen molar-refractivity contribution in [3.05, 3.63) is 29.8 Å². The molecule has 3 rings (SSSR count). The number of benzene rings is 1. The summed E-state index contributed by atoms with van der Waals surface area (Å²) in [6.07, 6.45) is -2.84. The molecule has 2 atom stereocenters. The van der Waals surface area contributed by atoms with Crippen LogP contribution in [0, 0.1) is 0 Å². The Morgan fingerprint density at radius 1 is 1.20 bits per heavy atom. The van der Waals surface area contributed by atoms with E-state index in [4.69, 9.17) is 4.74 Å². The number of aliphatic imine (C=N–C) groups is 1. The lowest BCUT2D eigenvalue weighted by Crippen LogP contribution is -2.50. The van der Waals surface area contributed by atoms with Gasteiger partial charge in [0.25, 0.3) is 0 Å². The van der Waals surface area contributed by atoms with Crippen molar-refractivity contribution in [3.63, 3.8) is 0 Å². The van der Waals surface area contributed by atoms with Gasteiger partial charge in [0.1, 0.15) is 5.75 Å². The van der Waals surface area contributed by atoms with E-state index in [1.807, 2.05) is 0 Å². The van der Waals surface area contributed by atoms with Gasteiger partial charge in [-0.15, -0.1) is 37.1 Å². The highest BCUT2D eigenvalue weighted by Gasteiger charge is 2.42. The predicted molar refractivity (Wildman–Crippen MR) is 116 cm³/mol. The molecular formula is C19H26F3IN4O3. The molecular weight excluding hydrogens is 516 g/mol. The van der Waals surface area contributed by atoms with E-state index in [0.717, 1.165) is 12.8 Å². The standard InChI is InChI=1S/C19H25F3N4O3.HI/c1-23-17(24-12-7-9-26(10-8-12)18(27)28-2)25-15-11-14(15)13-5-3-4-6-16(13)29-19(20,21)22;/h3-6,12,14-15H,7-11H2,1-2H3,(H2,23,24,25);1H. The first-order chi connectivity index (χ1) is 13.8. The van der Waals surface area contributed by atoms with Crippen LogP contribution in [0.2, 0.25) is 0 Å².